The Morgan fingerprint density at radius 1 is 1.00 bits per heavy atom. The average molecular weight is 463 g/mol. The van der Waals surface area contributed by atoms with Crippen LogP contribution >= 0.6 is 11.8 Å². The molecule has 0 spiro atoms. The third kappa shape index (κ3) is 8.34. The summed E-state index contributed by atoms with van der Waals surface area (Å²) in [7, 11) is 1.54. The number of nitrogens with zero attached hydrogens (tertiary/aromatic N) is 2. The lowest BCUT2D eigenvalue weighted by atomic mass is 10.2. The summed E-state index contributed by atoms with van der Waals surface area (Å²) < 4.78 is 11.0. The van der Waals surface area contributed by atoms with Crippen LogP contribution in [0.2, 0.25) is 0 Å². The highest BCUT2D eigenvalue weighted by Gasteiger charge is 2.08. The van der Waals surface area contributed by atoms with E-state index < -0.39 is 0 Å². The second-order valence-corrected chi connectivity index (χ2v) is 7.91. The first kappa shape index (κ1) is 23.9. The second-order valence-electron chi connectivity index (χ2n) is 6.92. The van der Waals surface area contributed by atoms with Gasteiger partial charge in [0.05, 0.1) is 13.3 Å². The lowest BCUT2D eigenvalue weighted by Gasteiger charge is -2.11. The number of amidine groups is 1. The first-order chi connectivity index (χ1) is 16.1. The largest absolute Gasteiger partial charge is 0.493 e. The average Bonchev–Trinajstić information content (AvgIpc) is 2.86. The molecule has 0 saturated carbocycles. The molecule has 0 radical (unpaired) electrons. The number of amides is 1. The molecule has 1 amide bonds. The summed E-state index contributed by atoms with van der Waals surface area (Å²) in [6.07, 6.45) is 1.58. The summed E-state index contributed by atoms with van der Waals surface area (Å²) in [6, 6.07) is 25.0. The van der Waals surface area contributed by atoms with Crippen molar-refractivity contribution in [3.8, 4) is 11.5 Å². The zero-order valence-electron chi connectivity index (χ0n) is 18.3. The minimum atomic E-state index is -0.218. The normalized spacial score (nSPS) is 11.4. The van der Waals surface area contributed by atoms with Crippen molar-refractivity contribution in [2.45, 2.75) is 12.3 Å². The minimum absolute atomic E-state index is 0.115. The SMILES string of the molecule is COc1cc(C=NN=C(N)SCc2ccccc2)ccc1OCC(=O)NCc1ccccc1. The van der Waals surface area contributed by atoms with E-state index in [0.717, 1.165) is 16.9 Å². The van der Waals surface area contributed by atoms with Crippen molar-refractivity contribution in [3.63, 3.8) is 0 Å². The van der Waals surface area contributed by atoms with Crippen LogP contribution in [0.3, 0.4) is 0 Å². The van der Waals surface area contributed by atoms with Gasteiger partial charge in [0.2, 0.25) is 0 Å². The number of rotatable bonds is 10. The molecular weight excluding hydrogens is 436 g/mol. The van der Waals surface area contributed by atoms with Gasteiger partial charge in [-0.2, -0.15) is 5.10 Å². The summed E-state index contributed by atoms with van der Waals surface area (Å²) in [5, 5.41) is 11.3. The Morgan fingerprint density at radius 3 is 2.39 bits per heavy atom. The molecule has 0 aromatic heterocycles. The van der Waals surface area contributed by atoms with Gasteiger partial charge in [-0.15, -0.1) is 5.10 Å². The molecule has 0 aliphatic heterocycles. The Morgan fingerprint density at radius 2 is 1.70 bits per heavy atom. The first-order valence-corrected chi connectivity index (χ1v) is 11.3. The van der Waals surface area contributed by atoms with Crippen LogP contribution in [-0.4, -0.2) is 31.0 Å². The van der Waals surface area contributed by atoms with Gasteiger partial charge in [0.1, 0.15) is 0 Å². The minimum Gasteiger partial charge on any atom is -0.493 e. The topological polar surface area (TPSA) is 98.3 Å². The Hall–Kier alpha value is -3.78. The number of carbonyl (C=O) groups is 1. The quantitative estimate of drug-likeness (QED) is 0.270. The van der Waals surface area contributed by atoms with E-state index in [1.54, 1.807) is 24.4 Å². The van der Waals surface area contributed by atoms with Crippen LogP contribution in [-0.2, 0) is 17.1 Å². The maximum atomic E-state index is 12.1. The molecule has 0 fully saturated rings. The molecule has 3 aromatic rings. The van der Waals surface area contributed by atoms with Crippen LogP contribution in [0.25, 0.3) is 0 Å². The summed E-state index contributed by atoms with van der Waals surface area (Å²) in [4.78, 5) is 12.1. The van der Waals surface area contributed by atoms with Gasteiger partial charge < -0.3 is 20.5 Å². The fourth-order valence-corrected chi connectivity index (χ4v) is 3.40. The fourth-order valence-electron chi connectivity index (χ4n) is 2.79. The Kier molecular flexibility index (Phi) is 9.35. The molecule has 0 saturated heterocycles. The lowest BCUT2D eigenvalue weighted by Crippen LogP contribution is -2.28. The number of nitrogens with two attached hydrogens (primary N) is 1. The summed E-state index contributed by atoms with van der Waals surface area (Å²) in [5.41, 5.74) is 8.86. The molecule has 0 aliphatic carbocycles. The Balaban J connectivity index is 1.49. The van der Waals surface area contributed by atoms with Gasteiger partial charge in [-0.3, -0.25) is 4.79 Å². The van der Waals surface area contributed by atoms with Crippen molar-refractivity contribution in [1.29, 1.82) is 0 Å². The van der Waals surface area contributed by atoms with E-state index in [1.165, 1.54) is 24.4 Å². The number of benzene rings is 3. The Labute approximate surface area is 197 Å². The van der Waals surface area contributed by atoms with E-state index in [2.05, 4.69) is 15.5 Å². The zero-order chi connectivity index (χ0) is 23.3. The monoisotopic (exact) mass is 462 g/mol. The van der Waals surface area contributed by atoms with E-state index in [9.17, 15) is 4.79 Å². The molecule has 0 aliphatic rings. The van der Waals surface area contributed by atoms with Gasteiger partial charge in [0.25, 0.3) is 5.91 Å². The molecule has 0 unspecified atom stereocenters. The highest BCUT2D eigenvalue weighted by atomic mass is 32.2. The van der Waals surface area contributed by atoms with Crippen molar-refractivity contribution < 1.29 is 14.3 Å². The van der Waals surface area contributed by atoms with Gasteiger partial charge >= 0.3 is 0 Å². The number of carbonyl (C=O) groups excluding carboxylic acids is 1. The standard InChI is InChI=1S/C25H26N4O3S/c1-31-23-14-21(16-28-29-25(26)33-18-20-10-6-3-7-11-20)12-13-22(23)32-17-24(30)27-15-19-8-4-2-5-9-19/h2-14,16H,15,17-18H2,1H3,(H2,26,29)(H,27,30). The van der Waals surface area contributed by atoms with Gasteiger partial charge in [-0.25, -0.2) is 0 Å². The molecule has 3 rings (SSSR count). The van der Waals surface area contributed by atoms with Gasteiger partial charge in [0, 0.05) is 12.3 Å². The number of methoxy groups -OCH3 is 1. The lowest BCUT2D eigenvalue weighted by molar-refractivity contribution is -0.123. The van der Waals surface area contributed by atoms with Crippen molar-refractivity contribution in [2.75, 3.05) is 13.7 Å². The van der Waals surface area contributed by atoms with Gasteiger partial charge in [-0.1, -0.05) is 72.4 Å². The molecule has 3 N–H and O–H groups in total. The van der Waals surface area contributed by atoms with E-state index in [-0.39, 0.29) is 12.5 Å². The van der Waals surface area contributed by atoms with Gasteiger partial charge in [-0.05, 0) is 34.9 Å². The van der Waals surface area contributed by atoms with E-state index in [0.29, 0.717) is 23.2 Å². The maximum absolute atomic E-state index is 12.1. The fraction of sp³-hybridized carbons (Fsp3) is 0.160. The molecule has 33 heavy (non-hydrogen) atoms. The van der Waals surface area contributed by atoms with Crippen LogP contribution in [0.1, 0.15) is 16.7 Å². The number of ether oxygens (including phenoxy) is 2. The molecule has 3 aromatic carbocycles. The zero-order valence-corrected chi connectivity index (χ0v) is 19.1. The van der Waals surface area contributed by atoms with Crippen molar-refractivity contribution in [1.82, 2.24) is 5.32 Å². The summed E-state index contributed by atoms with van der Waals surface area (Å²) in [6.45, 7) is 0.332. The van der Waals surface area contributed by atoms with E-state index in [1.807, 2.05) is 60.7 Å². The van der Waals surface area contributed by atoms with Crippen LogP contribution in [0.15, 0.2) is 89.1 Å². The van der Waals surface area contributed by atoms with Crippen molar-refractivity contribution in [3.05, 3.63) is 95.6 Å². The van der Waals surface area contributed by atoms with Crippen LogP contribution in [0, 0.1) is 0 Å². The highest BCUT2D eigenvalue weighted by molar-refractivity contribution is 8.13. The number of hydrogen-bond acceptors (Lipinski definition) is 6. The molecule has 7 nitrogen and oxygen atoms in total. The molecular formula is C25H26N4O3S. The van der Waals surface area contributed by atoms with Crippen LogP contribution in [0.4, 0.5) is 0 Å². The van der Waals surface area contributed by atoms with Crippen LogP contribution in [0.5, 0.6) is 11.5 Å². The second kappa shape index (κ2) is 12.9. The molecule has 0 heterocycles. The smallest absolute Gasteiger partial charge is 0.258 e. The first-order valence-electron chi connectivity index (χ1n) is 10.3. The number of hydrogen-bond donors (Lipinski definition) is 2. The predicted octanol–water partition coefficient (Wildman–Crippen LogP) is 3.97. The maximum Gasteiger partial charge on any atom is 0.258 e. The molecule has 0 bridgehead atoms. The highest BCUT2D eigenvalue weighted by Crippen LogP contribution is 2.27. The van der Waals surface area contributed by atoms with Gasteiger partial charge in [0.15, 0.2) is 23.3 Å². The van der Waals surface area contributed by atoms with Crippen molar-refractivity contribution >= 4 is 29.1 Å². The molecule has 170 valence electrons. The van der Waals surface area contributed by atoms with E-state index in [4.69, 9.17) is 15.2 Å². The summed E-state index contributed by atoms with van der Waals surface area (Å²) >= 11 is 1.42. The third-order valence-electron chi connectivity index (χ3n) is 4.47. The Bertz CT molecular complexity index is 1090. The number of thioether (sulfide) groups is 1. The summed E-state index contributed by atoms with van der Waals surface area (Å²) in [5.74, 6) is 1.46. The molecule has 0 atom stereocenters. The molecule has 8 heteroatoms. The van der Waals surface area contributed by atoms with Crippen molar-refractivity contribution in [2.24, 2.45) is 15.9 Å². The third-order valence-corrected chi connectivity index (χ3v) is 5.33. The van der Waals surface area contributed by atoms with Crippen LogP contribution < -0.4 is 20.5 Å². The number of nitrogens with one attached hydrogen (secondary N) is 1. The van der Waals surface area contributed by atoms with E-state index >= 15 is 0 Å². The predicted molar refractivity (Wildman–Crippen MR) is 134 cm³/mol.